The third kappa shape index (κ3) is 3.71. The average Bonchev–Trinajstić information content (AvgIpc) is 3.46. The average molecular weight is 416 g/mol. The molecule has 1 aliphatic carbocycles. The van der Waals surface area contributed by atoms with Gasteiger partial charge in [0, 0.05) is 5.69 Å². The van der Waals surface area contributed by atoms with Gasteiger partial charge in [0.2, 0.25) is 11.8 Å². The normalized spacial score (nSPS) is 24.3. The summed E-state index contributed by atoms with van der Waals surface area (Å²) >= 11 is 0.981. The molecule has 10 heteroatoms. The van der Waals surface area contributed by atoms with Crippen molar-refractivity contribution in [2.24, 2.45) is 5.92 Å². The van der Waals surface area contributed by atoms with E-state index in [0.717, 1.165) is 35.1 Å². The first kappa shape index (κ1) is 19.4. The van der Waals surface area contributed by atoms with Crippen molar-refractivity contribution in [1.82, 2.24) is 15.1 Å². The number of urea groups is 1. The largest absolute Gasteiger partial charge is 0.325 e. The molecule has 4 rings (SSSR count). The van der Waals surface area contributed by atoms with Crippen LogP contribution >= 0.6 is 11.8 Å². The Balaban J connectivity index is 1.34. The molecule has 1 aromatic carbocycles. The van der Waals surface area contributed by atoms with Crippen LogP contribution in [0.1, 0.15) is 25.3 Å². The summed E-state index contributed by atoms with van der Waals surface area (Å²) in [5, 5.41) is 5.10. The van der Waals surface area contributed by atoms with E-state index in [1.165, 1.54) is 4.90 Å². The van der Waals surface area contributed by atoms with Crippen LogP contribution in [0, 0.1) is 5.92 Å². The number of anilines is 1. The monoisotopic (exact) mass is 416 g/mol. The van der Waals surface area contributed by atoms with Gasteiger partial charge in [-0.05, 0) is 43.4 Å². The van der Waals surface area contributed by atoms with Gasteiger partial charge in [0.05, 0.1) is 12.3 Å². The number of amides is 6. The number of hydrogen-bond donors (Lipinski definition) is 2. The van der Waals surface area contributed by atoms with E-state index in [9.17, 15) is 24.0 Å². The number of carbonyl (C=O) groups is 5. The van der Waals surface area contributed by atoms with Gasteiger partial charge in [0.25, 0.3) is 11.1 Å². The maximum Gasteiger partial charge on any atom is 0.325 e. The van der Waals surface area contributed by atoms with E-state index in [4.69, 9.17) is 0 Å². The lowest BCUT2D eigenvalue weighted by atomic mass is 9.96. The fourth-order valence-electron chi connectivity index (χ4n) is 3.55. The van der Waals surface area contributed by atoms with Crippen molar-refractivity contribution < 1.29 is 24.0 Å². The van der Waals surface area contributed by atoms with Crippen LogP contribution in [0.25, 0.3) is 0 Å². The summed E-state index contributed by atoms with van der Waals surface area (Å²) in [5.74, 6) is -0.775. The highest BCUT2D eigenvalue weighted by atomic mass is 32.2. The Morgan fingerprint density at radius 1 is 1.17 bits per heavy atom. The number of nitrogens with one attached hydrogen (secondary N) is 2. The third-order valence-electron chi connectivity index (χ3n) is 5.42. The van der Waals surface area contributed by atoms with Crippen molar-refractivity contribution in [3.63, 3.8) is 0 Å². The summed E-state index contributed by atoms with van der Waals surface area (Å²) in [4.78, 5) is 62.5. The molecule has 0 spiro atoms. The van der Waals surface area contributed by atoms with E-state index in [-0.39, 0.29) is 41.8 Å². The number of thioether (sulfide) groups is 1. The minimum Gasteiger partial charge on any atom is -0.325 e. The Morgan fingerprint density at radius 3 is 2.45 bits per heavy atom. The number of carbonyl (C=O) groups excluding carboxylic acids is 5. The molecule has 9 nitrogen and oxygen atoms in total. The van der Waals surface area contributed by atoms with Crippen molar-refractivity contribution >= 4 is 46.4 Å². The fraction of sp³-hybridized carbons (Fsp3) is 0.421. The molecule has 152 valence electrons. The lowest BCUT2D eigenvalue weighted by Crippen LogP contribution is -2.46. The molecule has 29 heavy (non-hydrogen) atoms. The van der Waals surface area contributed by atoms with E-state index in [1.54, 1.807) is 31.2 Å². The highest BCUT2D eigenvalue weighted by Gasteiger charge is 2.56. The van der Waals surface area contributed by atoms with Gasteiger partial charge in [-0.2, -0.15) is 0 Å². The summed E-state index contributed by atoms with van der Waals surface area (Å²) in [7, 11) is 0. The first-order chi connectivity index (χ1) is 13.8. The van der Waals surface area contributed by atoms with Crippen LogP contribution in [-0.2, 0) is 20.9 Å². The Hall–Kier alpha value is -2.88. The predicted octanol–water partition coefficient (Wildman–Crippen LogP) is 1.54. The summed E-state index contributed by atoms with van der Waals surface area (Å²) in [6, 6.07) is 6.15. The second-order valence-electron chi connectivity index (χ2n) is 7.58. The minimum atomic E-state index is -0.915. The molecular weight excluding hydrogens is 396 g/mol. The lowest BCUT2D eigenvalue weighted by molar-refractivity contribution is -0.134. The third-order valence-corrected chi connectivity index (χ3v) is 6.27. The zero-order valence-corrected chi connectivity index (χ0v) is 16.6. The van der Waals surface area contributed by atoms with Crippen LogP contribution in [0.5, 0.6) is 0 Å². The van der Waals surface area contributed by atoms with Crippen molar-refractivity contribution in [3.05, 3.63) is 29.8 Å². The molecular formula is C19H20N4O5S. The summed E-state index contributed by atoms with van der Waals surface area (Å²) in [5.41, 5.74) is 0.326. The SMILES string of the molecule is CC1(C2CC2)NC(=O)N(CC(=O)Nc2ccc(CN3C(=O)CSC3=O)cc2)C1=O. The molecule has 1 aromatic rings. The van der Waals surface area contributed by atoms with Crippen LogP contribution in [0.4, 0.5) is 15.3 Å². The Labute approximate surface area is 171 Å². The molecule has 2 saturated heterocycles. The highest BCUT2D eigenvalue weighted by Crippen LogP contribution is 2.42. The standard InChI is InChI=1S/C19H20N4O5S/c1-19(12-4-5-12)16(26)23(17(27)21-19)9-14(24)20-13-6-2-11(3-7-13)8-22-15(25)10-29-18(22)28/h2-3,6-7,12H,4-5,8-10H2,1H3,(H,20,24)(H,21,27). The Morgan fingerprint density at radius 2 is 1.86 bits per heavy atom. The van der Waals surface area contributed by atoms with E-state index in [0.29, 0.717) is 5.69 Å². The van der Waals surface area contributed by atoms with Gasteiger partial charge >= 0.3 is 6.03 Å². The van der Waals surface area contributed by atoms with Gasteiger partial charge in [-0.25, -0.2) is 4.79 Å². The van der Waals surface area contributed by atoms with E-state index >= 15 is 0 Å². The predicted molar refractivity (Wildman–Crippen MR) is 105 cm³/mol. The van der Waals surface area contributed by atoms with Gasteiger partial charge in [-0.15, -0.1) is 0 Å². The van der Waals surface area contributed by atoms with Gasteiger partial charge in [0.15, 0.2) is 0 Å². The maximum atomic E-state index is 12.6. The summed E-state index contributed by atoms with van der Waals surface area (Å²) in [6.45, 7) is 1.53. The first-order valence-electron chi connectivity index (χ1n) is 9.28. The van der Waals surface area contributed by atoms with Crippen LogP contribution in [-0.4, -0.2) is 56.6 Å². The number of hydrogen-bond acceptors (Lipinski definition) is 6. The Bertz CT molecular complexity index is 898. The van der Waals surface area contributed by atoms with Crippen LogP contribution < -0.4 is 10.6 Å². The van der Waals surface area contributed by atoms with E-state index in [2.05, 4.69) is 10.6 Å². The zero-order valence-electron chi connectivity index (χ0n) is 15.8. The van der Waals surface area contributed by atoms with Crippen molar-refractivity contribution in [2.75, 3.05) is 17.6 Å². The molecule has 0 bridgehead atoms. The van der Waals surface area contributed by atoms with Crippen LogP contribution in [0.3, 0.4) is 0 Å². The molecule has 1 atom stereocenters. The molecule has 2 aliphatic heterocycles. The zero-order chi connectivity index (χ0) is 20.8. The summed E-state index contributed by atoms with van der Waals surface area (Å²) in [6.07, 6.45) is 1.78. The van der Waals surface area contributed by atoms with E-state index in [1.807, 2.05) is 0 Å². The molecule has 0 radical (unpaired) electrons. The topological polar surface area (TPSA) is 116 Å². The second-order valence-corrected chi connectivity index (χ2v) is 8.50. The van der Waals surface area contributed by atoms with Gasteiger partial charge < -0.3 is 10.6 Å². The van der Waals surface area contributed by atoms with Gasteiger partial charge in [-0.3, -0.25) is 29.0 Å². The second kappa shape index (κ2) is 7.18. The van der Waals surface area contributed by atoms with Gasteiger partial charge in [-0.1, -0.05) is 23.9 Å². The number of benzene rings is 1. The van der Waals surface area contributed by atoms with Crippen LogP contribution in [0.2, 0.25) is 0 Å². The molecule has 3 aliphatic rings. The fourth-order valence-corrected chi connectivity index (χ4v) is 4.28. The highest BCUT2D eigenvalue weighted by molar-refractivity contribution is 8.14. The van der Waals surface area contributed by atoms with Crippen molar-refractivity contribution in [1.29, 1.82) is 0 Å². The maximum absolute atomic E-state index is 12.6. The minimum absolute atomic E-state index is 0.132. The molecule has 0 aromatic heterocycles. The lowest BCUT2D eigenvalue weighted by Gasteiger charge is -2.20. The van der Waals surface area contributed by atoms with E-state index < -0.39 is 17.5 Å². The number of rotatable bonds is 6. The quantitative estimate of drug-likeness (QED) is 0.680. The molecule has 1 unspecified atom stereocenters. The van der Waals surface area contributed by atoms with Crippen molar-refractivity contribution in [2.45, 2.75) is 31.8 Å². The molecule has 2 N–H and O–H groups in total. The number of nitrogens with zero attached hydrogens (tertiary/aromatic N) is 2. The summed E-state index contributed by atoms with van der Waals surface area (Å²) < 4.78 is 0. The molecule has 6 amide bonds. The molecule has 2 heterocycles. The number of imide groups is 2. The first-order valence-corrected chi connectivity index (χ1v) is 10.3. The van der Waals surface area contributed by atoms with Gasteiger partial charge in [0.1, 0.15) is 12.1 Å². The van der Waals surface area contributed by atoms with Crippen molar-refractivity contribution in [3.8, 4) is 0 Å². The molecule has 1 saturated carbocycles. The van der Waals surface area contributed by atoms with Crippen LogP contribution in [0.15, 0.2) is 24.3 Å². The molecule has 3 fully saturated rings. The Kier molecular flexibility index (Phi) is 4.81. The smallest absolute Gasteiger partial charge is 0.325 e.